The minimum atomic E-state index is -0.225. The normalized spacial score (nSPS) is 11.0. The number of rotatable bonds is 5. The smallest absolute Gasteiger partial charge is 0.123 e. The van der Waals surface area contributed by atoms with Crippen LogP contribution in [-0.2, 0) is 13.1 Å². The Labute approximate surface area is 130 Å². The van der Waals surface area contributed by atoms with E-state index in [0.717, 1.165) is 35.0 Å². The second-order valence-corrected chi connectivity index (χ2v) is 6.41. The van der Waals surface area contributed by atoms with E-state index < -0.39 is 0 Å². The molecule has 108 valence electrons. The number of hydrogen-bond acceptors (Lipinski definition) is 5. The molecule has 0 aliphatic heterocycles. The van der Waals surface area contributed by atoms with E-state index in [4.69, 9.17) is 0 Å². The summed E-state index contributed by atoms with van der Waals surface area (Å²) in [5, 5.41) is 6.32. The Kier molecular flexibility index (Phi) is 4.38. The van der Waals surface area contributed by atoms with Gasteiger partial charge in [-0.15, -0.1) is 22.7 Å². The van der Waals surface area contributed by atoms with E-state index in [-0.39, 0.29) is 5.82 Å². The summed E-state index contributed by atoms with van der Waals surface area (Å²) in [7, 11) is 0. The van der Waals surface area contributed by atoms with Gasteiger partial charge in [-0.3, -0.25) is 0 Å². The number of halogens is 1. The van der Waals surface area contributed by atoms with Crippen molar-refractivity contribution in [2.24, 2.45) is 0 Å². The second-order valence-electron chi connectivity index (χ2n) is 4.62. The number of thiazole rings is 2. The molecule has 2 aromatic heterocycles. The third kappa shape index (κ3) is 3.53. The zero-order valence-corrected chi connectivity index (χ0v) is 13.1. The van der Waals surface area contributed by atoms with Gasteiger partial charge in [0.05, 0.1) is 16.9 Å². The van der Waals surface area contributed by atoms with Crippen molar-refractivity contribution in [3.63, 3.8) is 0 Å². The highest BCUT2D eigenvalue weighted by atomic mass is 32.1. The quantitative estimate of drug-likeness (QED) is 0.772. The maximum Gasteiger partial charge on any atom is 0.123 e. The van der Waals surface area contributed by atoms with E-state index in [2.05, 4.69) is 15.3 Å². The monoisotopic (exact) mass is 319 g/mol. The molecule has 0 aliphatic carbocycles. The average molecular weight is 319 g/mol. The topological polar surface area (TPSA) is 37.8 Å². The summed E-state index contributed by atoms with van der Waals surface area (Å²) in [5.74, 6) is -0.225. The van der Waals surface area contributed by atoms with Crippen molar-refractivity contribution >= 4 is 22.7 Å². The van der Waals surface area contributed by atoms with Crippen LogP contribution in [0.3, 0.4) is 0 Å². The van der Waals surface area contributed by atoms with Crippen LogP contribution in [0.25, 0.3) is 10.6 Å². The molecule has 0 fully saturated rings. The largest absolute Gasteiger partial charge is 0.306 e. The highest BCUT2D eigenvalue weighted by Gasteiger charge is 2.06. The van der Waals surface area contributed by atoms with Crippen molar-refractivity contribution in [2.45, 2.75) is 20.0 Å². The Morgan fingerprint density at radius 2 is 1.95 bits per heavy atom. The number of aryl methyl sites for hydroxylation is 1. The first-order valence-electron chi connectivity index (χ1n) is 6.52. The zero-order chi connectivity index (χ0) is 14.7. The maximum atomic E-state index is 12.9. The molecule has 6 heteroatoms. The first-order valence-corrected chi connectivity index (χ1v) is 8.28. The molecule has 0 spiro atoms. The van der Waals surface area contributed by atoms with Crippen molar-refractivity contribution < 1.29 is 4.39 Å². The number of nitrogens with zero attached hydrogens (tertiary/aromatic N) is 2. The van der Waals surface area contributed by atoms with Crippen molar-refractivity contribution in [1.82, 2.24) is 15.3 Å². The van der Waals surface area contributed by atoms with E-state index in [1.165, 1.54) is 17.0 Å². The predicted molar refractivity (Wildman–Crippen MR) is 84.9 cm³/mol. The summed E-state index contributed by atoms with van der Waals surface area (Å²) in [5.41, 5.74) is 4.90. The molecule has 0 saturated carbocycles. The van der Waals surface area contributed by atoms with Crippen LogP contribution in [0.4, 0.5) is 4.39 Å². The van der Waals surface area contributed by atoms with Gasteiger partial charge in [-0.2, -0.15) is 0 Å². The summed E-state index contributed by atoms with van der Waals surface area (Å²) in [6.07, 6.45) is 0. The van der Waals surface area contributed by atoms with Gasteiger partial charge in [-0.05, 0) is 31.2 Å². The van der Waals surface area contributed by atoms with Crippen LogP contribution in [0.2, 0.25) is 0 Å². The van der Waals surface area contributed by atoms with Crippen molar-refractivity contribution in [2.75, 3.05) is 0 Å². The van der Waals surface area contributed by atoms with Gasteiger partial charge in [0, 0.05) is 28.9 Å². The average Bonchev–Trinajstić information content (AvgIpc) is 3.10. The fraction of sp³-hybridized carbons (Fsp3) is 0.200. The number of hydrogen-bond donors (Lipinski definition) is 1. The molecule has 0 atom stereocenters. The van der Waals surface area contributed by atoms with E-state index in [1.807, 2.05) is 17.8 Å². The van der Waals surface area contributed by atoms with Gasteiger partial charge in [0.2, 0.25) is 0 Å². The van der Waals surface area contributed by atoms with Gasteiger partial charge >= 0.3 is 0 Å². The third-order valence-corrected chi connectivity index (χ3v) is 4.95. The molecule has 0 saturated heterocycles. The number of benzene rings is 1. The fourth-order valence-electron chi connectivity index (χ4n) is 1.91. The third-order valence-electron chi connectivity index (χ3n) is 3.08. The van der Waals surface area contributed by atoms with Crippen LogP contribution < -0.4 is 5.32 Å². The molecule has 3 aromatic rings. The summed E-state index contributed by atoms with van der Waals surface area (Å²) < 4.78 is 12.9. The van der Waals surface area contributed by atoms with E-state index in [9.17, 15) is 4.39 Å². The summed E-state index contributed by atoms with van der Waals surface area (Å²) >= 11 is 3.24. The summed E-state index contributed by atoms with van der Waals surface area (Å²) in [6.45, 7) is 3.54. The van der Waals surface area contributed by atoms with Crippen LogP contribution in [-0.4, -0.2) is 9.97 Å². The van der Waals surface area contributed by atoms with Crippen LogP contribution in [0.1, 0.15) is 16.3 Å². The van der Waals surface area contributed by atoms with Gasteiger partial charge in [0.1, 0.15) is 10.8 Å². The molecule has 2 heterocycles. The van der Waals surface area contributed by atoms with Crippen molar-refractivity contribution in [3.8, 4) is 10.6 Å². The van der Waals surface area contributed by atoms with Gasteiger partial charge < -0.3 is 5.32 Å². The Hall–Kier alpha value is -1.63. The predicted octanol–water partition coefficient (Wildman–Crippen LogP) is 4.00. The minimum absolute atomic E-state index is 0.225. The molecule has 3 nitrogen and oxygen atoms in total. The molecule has 0 unspecified atom stereocenters. The Balaban J connectivity index is 1.60. The molecule has 0 amide bonds. The van der Waals surface area contributed by atoms with Gasteiger partial charge in [0.25, 0.3) is 0 Å². The van der Waals surface area contributed by atoms with E-state index in [1.54, 1.807) is 34.8 Å². The Morgan fingerprint density at radius 1 is 1.14 bits per heavy atom. The van der Waals surface area contributed by atoms with Gasteiger partial charge in [0.15, 0.2) is 0 Å². The first kappa shape index (κ1) is 14.3. The molecule has 0 bridgehead atoms. The number of aromatic nitrogens is 2. The van der Waals surface area contributed by atoms with E-state index >= 15 is 0 Å². The standard InChI is InChI=1S/C15H14FN3S2/c1-10-14(21-9-18-10)7-17-6-13-8-20-15(19-13)11-2-4-12(16)5-3-11/h2-5,8-9,17H,6-7H2,1H3. The molecule has 21 heavy (non-hydrogen) atoms. The van der Waals surface area contributed by atoms with Gasteiger partial charge in [-0.1, -0.05) is 0 Å². The van der Waals surface area contributed by atoms with Crippen molar-refractivity contribution in [3.05, 3.63) is 57.2 Å². The maximum absolute atomic E-state index is 12.9. The fourth-order valence-corrected chi connectivity index (χ4v) is 3.49. The lowest BCUT2D eigenvalue weighted by Crippen LogP contribution is -2.12. The van der Waals surface area contributed by atoms with Crippen LogP contribution in [0.5, 0.6) is 0 Å². The second kappa shape index (κ2) is 6.43. The van der Waals surface area contributed by atoms with Crippen LogP contribution in [0, 0.1) is 12.7 Å². The molecular weight excluding hydrogens is 305 g/mol. The SMILES string of the molecule is Cc1ncsc1CNCc1csc(-c2ccc(F)cc2)n1. The summed E-state index contributed by atoms with van der Waals surface area (Å²) in [4.78, 5) is 10.1. The molecule has 0 radical (unpaired) electrons. The highest BCUT2D eigenvalue weighted by molar-refractivity contribution is 7.13. The molecule has 3 rings (SSSR count). The van der Waals surface area contributed by atoms with Crippen LogP contribution >= 0.6 is 22.7 Å². The Bertz CT molecular complexity index is 719. The summed E-state index contributed by atoms with van der Waals surface area (Å²) in [6, 6.07) is 6.43. The molecular formula is C15H14FN3S2. The van der Waals surface area contributed by atoms with Crippen molar-refractivity contribution in [1.29, 1.82) is 0 Å². The Morgan fingerprint density at radius 3 is 2.67 bits per heavy atom. The minimum Gasteiger partial charge on any atom is -0.306 e. The first-order chi connectivity index (χ1) is 10.2. The number of nitrogens with one attached hydrogen (secondary N) is 1. The lowest BCUT2D eigenvalue weighted by Gasteiger charge is -2.01. The molecule has 0 aliphatic rings. The zero-order valence-electron chi connectivity index (χ0n) is 11.5. The molecule has 1 aromatic carbocycles. The highest BCUT2D eigenvalue weighted by Crippen LogP contribution is 2.23. The lowest BCUT2D eigenvalue weighted by atomic mass is 10.2. The lowest BCUT2D eigenvalue weighted by molar-refractivity contribution is 0.628. The van der Waals surface area contributed by atoms with Crippen LogP contribution in [0.15, 0.2) is 35.2 Å². The van der Waals surface area contributed by atoms with Gasteiger partial charge in [-0.25, -0.2) is 14.4 Å². The van der Waals surface area contributed by atoms with E-state index in [0.29, 0.717) is 0 Å². The molecule has 1 N–H and O–H groups in total.